The molecule has 4 aliphatic rings. The maximum Gasteiger partial charge on any atom is 0.501 e. The molecular formula is C50H59ClF3N5O5S3. The van der Waals surface area contributed by atoms with E-state index >= 15 is 0 Å². The number of halogens is 4. The normalized spacial score (nSPS) is 18.4. The molecule has 0 radical (unpaired) electrons. The summed E-state index contributed by atoms with van der Waals surface area (Å²) in [7, 11) is -10.9. The third kappa shape index (κ3) is 12.8. The lowest BCUT2D eigenvalue weighted by Crippen LogP contribution is -2.47. The number of nitrogens with one attached hydrogen (secondary N) is 2. The Morgan fingerprint density at radius 1 is 0.821 bits per heavy atom. The van der Waals surface area contributed by atoms with Gasteiger partial charge in [0.2, 0.25) is 0 Å². The van der Waals surface area contributed by atoms with E-state index < -0.39 is 47.1 Å². The molecule has 10 nitrogen and oxygen atoms in total. The van der Waals surface area contributed by atoms with Gasteiger partial charge in [0.25, 0.3) is 25.8 Å². The van der Waals surface area contributed by atoms with Crippen LogP contribution < -0.4 is 14.9 Å². The van der Waals surface area contributed by atoms with E-state index in [2.05, 4.69) is 32.1 Å². The van der Waals surface area contributed by atoms with Crippen LogP contribution in [0.5, 0.6) is 0 Å². The molecule has 1 atom stereocenters. The van der Waals surface area contributed by atoms with Gasteiger partial charge < -0.3 is 15.1 Å². The summed E-state index contributed by atoms with van der Waals surface area (Å²) >= 11 is 7.65. The number of thioether (sulfide) groups is 1. The molecule has 3 aliphatic carbocycles. The first kappa shape index (κ1) is 49.4. The van der Waals surface area contributed by atoms with Gasteiger partial charge in [-0.1, -0.05) is 60.3 Å². The number of benzene rings is 4. The van der Waals surface area contributed by atoms with E-state index in [1.165, 1.54) is 79.1 Å². The molecule has 1 heterocycles. The molecule has 4 aromatic carbocycles. The number of sulfonamides is 1. The average Bonchev–Trinajstić information content (AvgIpc) is 4.04. The zero-order valence-electron chi connectivity index (χ0n) is 37.5. The van der Waals surface area contributed by atoms with Crippen LogP contribution in [0.25, 0.3) is 5.57 Å². The predicted octanol–water partition coefficient (Wildman–Crippen LogP) is 10.5. The van der Waals surface area contributed by atoms with Crippen LogP contribution in [0.3, 0.4) is 0 Å². The number of carbonyl (C=O) groups is 1. The first-order chi connectivity index (χ1) is 32.1. The molecule has 0 aromatic heterocycles. The van der Waals surface area contributed by atoms with E-state index in [-0.39, 0.29) is 11.3 Å². The number of hydrogen-bond donors (Lipinski definition) is 2. The molecule has 67 heavy (non-hydrogen) atoms. The Hall–Kier alpha value is -4.06. The standard InChI is InChI=1S/C50H59ClF3N5O5S3/c51-40-18-14-37(15-19-40)46-13-7-6-10-39(46)34-57-28-30-58(31-29-57)42-20-16-38(17-21-42)49(60)56-67(63,64)45-24-25-47(48(32-45)66(61,62)50(52,53)54)55-41(35-65-44-11-2-1-3-12-44)26-27-59(43-22-23-43)33-36-8-4-5-9-36/h1-3,11-12,14-21,24-25,32,36,41,43,55H,4-10,13,22-23,26-31,33-35H2,(H,56,60)/t41-/m1/s1. The van der Waals surface area contributed by atoms with Crippen molar-refractivity contribution in [3.8, 4) is 0 Å². The Labute approximate surface area is 402 Å². The molecular weight excluding hydrogens is 939 g/mol. The molecule has 1 amide bonds. The molecule has 4 aromatic rings. The van der Waals surface area contributed by atoms with Gasteiger partial charge in [0.05, 0.1) is 10.6 Å². The van der Waals surface area contributed by atoms with Crippen LogP contribution >= 0.6 is 23.4 Å². The van der Waals surface area contributed by atoms with Crippen LogP contribution in [0.1, 0.15) is 86.6 Å². The highest BCUT2D eigenvalue weighted by molar-refractivity contribution is 7.99. The summed E-state index contributed by atoms with van der Waals surface area (Å²) in [6.07, 6.45) is 12.0. The minimum atomic E-state index is -6.05. The zero-order chi connectivity index (χ0) is 47.2. The van der Waals surface area contributed by atoms with Crippen molar-refractivity contribution in [1.82, 2.24) is 14.5 Å². The molecule has 3 fully saturated rings. The first-order valence-corrected chi connectivity index (χ1v) is 27.7. The number of allylic oxidation sites excluding steroid dienone is 1. The third-order valence-electron chi connectivity index (χ3n) is 13.5. The molecule has 0 unspecified atom stereocenters. The summed E-state index contributed by atoms with van der Waals surface area (Å²) in [5.41, 5.74) is -1.11. The van der Waals surface area contributed by atoms with Crippen LogP contribution in [0.2, 0.25) is 5.02 Å². The van der Waals surface area contributed by atoms with E-state index in [0.717, 1.165) is 92.7 Å². The van der Waals surface area contributed by atoms with Crippen LogP contribution in [0.15, 0.2) is 117 Å². The lowest BCUT2D eigenvalue weighted by atomic mass is 9.87. The highest BCUT2D eigenvalue weighted by atomic mass is 35.5. The van der Waals surface area contributed by atoms with Crippen molar-refractivity contribution < 1.29 is 34.8 Å². The second-order valence-corrected chi connectivity index (χ2v) is 23.4. The SMILES string of the molecule is O=C(NS(=O)(=O)c1ccc(N[C@H](CCN(CC2CCCC2)C2CC2)CSc2ccccc2)c(S(=O)(=O)C(F)(F)F)c1)c1ccc(N2CCN(CC3=C(c4ccc(Cl)cc4)CCCC3)CC2)cc1. The van der Waals surface area contributed by atoms with Gasteiger partial charge in [-0.15, -0.1) is 11.8 Å². The number of amides is 1. The summed E-state index contributed by atoms with van der Waals surface area (Å²) in [5.74, 6) is 0.0151. The molecule has 1 aliphatic heterocycles. The van der Waals surface area contributed by atoms with E-state index in [1.54, 1.807) is 12.1 Å². The zero-order valence-corrected chi connectivity index (χ0v) is 40.7. The van der Waals surface area contributed by atoms with Crippen LogP contribution in [0.4, 0.5) is 24.5 Å². The molecule has 8 rings (SSSR count). The van der Waals surface area contributed by atoms with Crippen molar-refractivity contribution in [2.45, 2.75) is 103 Å². The largest absolute Gasteiger partial charge is 0.501 e. The Kier molecular flexibility index (Phi) is 16.0. The van der Waals surface area contributed by atoms with Crippen LogP contribution in [0, 0.1) is 5.92 Å². The predicted molar refractivity (Wildman–Crippen MR) is 262 cm³/mol. The fourth-order valence-corrected chi connectivity index (χ4v) is 12.8. The fraction of sp³-hybridized carbons (Fsp3) is 0.460. The van der Waals surface area contributed by atoms with E-state index in [0.29, 0.717) is 36.7 Å². The Morgan fingerprint density at radius 3 is 2.18 bits per heavy atom. The number of nitrogens with zero attached hydrogens (tertiary/aromatic N) is 3. The lowest BCUT2D eigenvalue weighted by Gasteiger charge is -2.37. The highest BCUT2D eigenvalue weighted by Crippen LogP contribution is 2.38. The Morgan fingerprint density at radius 2 is 1.51 bits per heavy atom. The lowest BCUT2D eigenvalue weighted by molar-refractivity contribution is -0.0435. The van der Waals surface area contributed by atoms with Gasteiger partial charge in [0, 0.05) is 84.8 Å². The number of carbonyl (C=O) groups excluding carboxylic acids is 1. The van der Waals surface area contributed by atoms with Crippen LogP contribution in [-0.4, -0.2) is 102 Å². The molecule has 0 bridgehead atoms. The van der Waals surface area contributed by atoms with Crippen LogP contribution in [-0.2, 0) is 19.9 Å². The summed E-state index contributed by atoms with van der Waals surface area (Å²) in [6, 6.07) is 26.6. The Bertz CT molecular complexity index is 2580. The summed E-state index contributed by atoms with van der Waals surface area (Å²) in [4.78, 5) is 19.4. The number of alkyl halides is 3. The van der Waals surface area contributed by atoms with Crippen molar-refractivity contribution in [3.63, 3.8) is 0 Å². The molecule has 1 saturated heterocycles. The minimum Gasteiger partial charge on any atom is -0.380 e. The number of rotatable bonds is 19. The second-order valence-electron chi connectivity index (χ2n) is 18.3. The van der Waals surface area contributed by atoms with Crippen molar-refractivity contribution in [3.05, 3.63) is 119 Å². The second kappa shape index (κ2) is 21.7. The van der Waals surface area contributed by atoms with Gasteiger partial charge in [0.1, 0.15) is 4.90 Å². The highest BCUT2D eigenvalue weighted by Gasteiger charge is 2.48. The van der Waals surface area contributed by atoms with Gasteiger partial charge in [-0.3, -0.25) is 9.69 Å². The minimum absolute atomic E-state index is 0.0123. The van der Waals surface area contributed by atoms with E-state index in [1.807, 2.05) is 47.2 Å². The average molecular weight is 999 g/mol. The van der Waals surface area contributed by atoms with E-state index in [4.69, 9.17) is 11.6 Å². The Balaban J connectivity index is 0.935. The first-order valence-electron chi connectivity index (χ1n) is 23.4. The summed E-state index contributed by atoms with van der Waals surface area (Å²) < 4.78 is 98.6. The monoisotopic (exact) mass is 997 g/mol. The topological polar surface area (TPSA) is 119 Å². The molecule has 0 spiro atoms. The molecule has 17 heteroatoms. The van der Waals surface area contributed by atoms with Gasteiger partial charge in [0.15, 0.2) is 0 Å². The number of anilines is 2. The maximum atomic E-state index is 14.3. The summed E-state index contributed by atoms with van der Waals surface area (Å²) in [5, 5.41) is 3.81. The van der Waals surface area contributed by atoms with Crippen molar-refractivity contribution in [2.75, 3.05) is 61.8 Å². The van der Waals surface area contributed by atoms with Crippen molar-refractivity contribution >= 4 is 66.1 Å². The molecule has 2 N–H and O–H groups in total. The summed E-state index contributed by atoms with van der Waals surface area (Å²) in [6.45, 7) is 5.72. The van der Waals surface area contributed by atoms with Gasteiger partial charge in [-0.05, 0) is 142 Å². The van der Waals surface area contributed by atoms with E-state index in [9.17, 15) is 34.8 Å². The number of hydrogen-bond acceptors (Lipinski definition) is 10. The van der Waals surface area contributed by atoms with Crippen molar-refractivity contribution in [1.29, 1.82) is 0 Å². The third-order valence-corrected chi connectivity index (χ3v) is 17.8. The smallest absolute Gasteiger partial charge is 0.380 e. The quantitative estimate of drug-likeness (QED) is 0.0879. The maximum absolute atomic E-state index is 14.3. The van der Waals surface area contributed by atoms with Crippen molar-refractivity contribution in [2.24, 2.45) is 5.92 Å². The fourth-order valence-electron chi connectivity index (χ4n) is 9.62. The number of sulfone groups is 1. The molecule has 360 valence electrons. The molecule has 2 saturated carbocycles. The van der Waals surface area contributed by atoms with Gasteiger partial charge >= 0.3 is 5.51 Å². The number of piperazine rings is 1. The van der Waals surface area contributed by atoms with Gasteiger partial charge in [-0.25, -0.2) is 21.6 Å². The van der Waals surface area contributed by atoms with Gasteiger partial charge in [-0.2, -0.15) is 13.2 Å².